The van der Waals surface area contributed by atoms with E-state index in [4.69, 9.17) is 5.73 Å². The third-order valence-electron chi connectivity index (χ3n) is 5.25. The fourth-order valence-electron chi connectivity index (χ4n) is 3.90. The fourth-order valence-corrected chi connectivity index (χ4v) is 3.90. The van der Waals surface area contributed by atoms with Crippen molar-refractivity contribution in [3.8, 4) is 0 Å². The van der Waals surface area contributed by atoms with Gasteiger partial charge in [0.1, 0.15) is 6.04 Å². The Morgan fingerprint density at radius 1 is 1.04 bits per heavy atom. The molecule has 4 amide bonds. The first-order chi connectivity index (χ1) is 12.5. The number of carbonyl (C=O) groups excluding carboxylic acids is 4. The highest BCUT2D eigenvalue weighted by atomic mass is 16.2. The number of amides is 4. The molecule has 2 fully saturated rings. The van der Waals surface area contributed by atoms with Crippen LogP contribution >= 0.6 is 0 Å². The van der Waals surface area contributed by atoms with Gasteiger partial charge in [0.2, 0.25) is 11.8 Å². The van der Waals surface area contributed by atoms with E-state index in [9.17, 15) is 19.2 Å². The lowest BCUT2D eigenvalue weighted by Crippen LogP contribution is -2.54. The van der Waals surface area contributed by atoms with E-state index in [2.05, 4.69) is 10.2 Å². The zero-order valence-electron chi connectivity index (χ0n) is 14.2. The van der Waals surface area contributed by atoms with Crippen molar-refractivity contribution in [1.29, 1.82) is 0 Å². The van der Waals surface area contributed by atoms with Crippen LogP contribution in [0, 0.1) is 0 Å². The van der Waals surface area contributed by atoms with Gasteiger partial charge in [-0.2, -0.15) is 0 Å². The summed E-state index contributed by atoms with van der Waals surface area (Å²) in [5, 5.41) is 2.20. The number of nitrogens with zero attached hydrogens (tertiary/aromatic N) is 2. The number of carbonyl (C=O) groups is 4. The highest BCUT2D eigenvalue weighted by Crippen LogP contribution is 2.31. The van der Waals surface area contributed by atoms with Gasteiger partial charge in [-0.25, -0.2) is 0 Å². The van der Waals surface area contributed by atoms with E-state index in [0.29, 0.717) is 17.7 Å². The number of rotatable bonds is 2. The van der Waals surface area contributed by atoms with Crippen LogP contribution in [0.2, 0.25) is 0 Å². The van der Waals surface area contributed by atoms with Crippen molar-refractivity contribution in [3.05, 3.63) is 29.3 Å². The average Bonchev–Trinajstić information content (AvgIpc) is 2.86. The normalized spacial score (nSPS) is 26.2. The van der Waals surface area contributed by atoms with Gasteiger partial charge in [-0.15, -0.1) is 0 Å². The van der Waals surface area contributed by atoms with Crippen LogP contribution in [0.25, 0.3) is 0 Å². The SMILES string of the molecule is NC1CCCN(c2ccc3c(c2)C(=O)N(C2CCC(=O)NC2=O)C3=O)C1. The lowest BCUT2D eigenvalue weighted by Gasteiger charge is -2.32. The molecule has 1 aromatic carbocycles. The standard InChI is InChI=1S/C18H20N4O4/c19-10-2-1-7-21(9-10)11-3-4-12-13(8-11)18(26)22(17(12)25)14-5-6-15(23)20-16(14)24/h3-4,8,10,14H,1-2,5-7,9,19H2,(H,20,23,24). The van der Waals surface area contributed by atoms with Gasteiger partial charge in [-0.1, -0.05) is 0 Å². The second-order valence-corrected chi connectivity index (χ2v) is 7.03. The summed E-state index contributed by atoms with van der Waals surface area (Å²) >= 11 is 0. The third kappa shape index (κ3) is 2.66. The molecule has 3 aliphatic heterocycles. The van der Waals surface area contributed by atoms with Crippen LogP contribution < -0.4 is 16.0 Å². The summed E-state index contributed by atoms with van der Waals surface area (Å²) in [6, 6.07) is 4.31. The first-order valence-electron chi connectivity index (χ1n) is 8.82. The van der Waals surface area contributed by atoms with Crippen molar-refractivity contribution in [2.24, 2.45) is 5.73 Å². The summed E-state index contributed by atoms with van der Waals surface area (Å²) in [5.41, 5.74) is 7.48. The first kappa shape index (κ1) is 16.7. The van der Waals surface area contributed by atoms with E-state index in [1.165, 1.54) is 0 Å². The van der Waals surface area contributed by atoms with Crippen molar-refractivity contribution < 1.29 is 19.2 Å². The molecule has 0 saturated carbocycles. The Morgan fingerprint density at radius 3 is 2.54 bits per heavy atom. The number of fused-ring (bicyclic) bond motifs is 1. The summed E-state index contributed by atoms with van der Waals surface area (Å²) in [5.74, 6) is -1.95. The van der Waals surface area contributed by atoms with E-state index in [0.717, 1.165) is 30.0 Å². The lowest BCUT2D eigenvalue weighted by atomic mass is 10.0. The molecule has 0 spiro atoms. The summed E-state index contributed by atoms with van der Waals surface area (Å²) in [4.78, 5) is 52.0. The summed E-state index contributed by atoms with van der Waals surface area (Å²) < 4.78 is 0. The molecule has 2 unspecified atom stereocenters. The van der Waals surface area contributed by atoms with Gasteiger partial charge in [-0.05, 0) is 37.5 Å². The van der Waals surface area contributed by atoms with Gasteiger partial charge in [0.15, 0.2) is 0 Å². The molecule has 2 atom stereocenters. The smallest absolute Gasteiger partial charge is 0.262 e. The maximum atomic E-state index is 12.8. The largest absolute Gasteiger partial charge is 0.370 e. The number of nitrogens with two attached hydrogens (primary N) is 1. The van der Waals surface area contributed by atoms with Gasteiger partial charge in [0.05, 0.1) is 11.1 Å². The molecule has 136 valence electrons. The molecule has 0 aromatic heterocycles. The van der Waals surface area contributed by atoms with E-state index in [-0.39, 0.29) is 24.8 Å². The molecule has 3 aliphatic rings. The highest BCUT2D eigenvalue weighted by molar-refractivity contribution is 6.23. The minimum atomic E-state index is -0.938. The zero-order chi connectivity index (χ0) is 18.4. The van der Waals surface area contributed by atoms with Gasteiger partial charge < -0.3 is 10.6 Å². The Bertz CT molecular complexity index is 821. The molecule has 8 heteroatoms. The number of hydrogen-bond acceptors (Lipinski definition) is 6. The molecule has 0 bridgehead atoms. The maximum Gasteiger partial charge on any atom is 0.262 e. The Morgan fingerprint density at radius 2 is 1.81 bits per heavy atom. The summed E-state index contributed by atoms with van der Waals surface area (Å²) in [7, 11) is 0. The molecule has 4 rings (SSSR count). The number of hydrogen-bond donors (Lipinski definition) is 2. The topological polar surface area (TPSA) is 113 Å². The van der Waals surface area contributed by atoms with Crippen LogP contribution in [-0.2, 0) is 9.59 Å². The molecular weight excluding hydrogens is 336 g/mol. The first-order valence-corrected chi connectivity index (χ1v) is 8.82. The van der Waals surface area contributed by atoms with Crippen molar-refractivity contribution in [2.45, 2.75) is 37.8 Å². The van der Waals surface area contributed by atoms with E-state index < -0.39 is 23.8 Å². The van der Waals surface area contributed by atoms with Crippen LogP contribution in [0.15, 0.2) is 18.2 Å². The minimum absolute atomic E-state index is 0.0920. The van der Waals surface area contributed by atoms with Crippen LogP contribution in [0.3, 0.4) is 0 Å². The van der Waals surface area contributed by atoms with Crippen molar-refractivity contribution in [2.75, 3.05) is 18.0 Å². The number of nitrogens with one attached hydrogen (secondary N) is 1. The Kier molecular flexibility index (Phi) is 3.99. The number of imide groups is 2. The summed E-state index contributed by atoms with van der Waals surface area (Å²) in [6.07, 6.45) is 2.22. The summed E-state index contributed by atoms with van der Waals surface area (Å²) in [6.45, 7) is 1.56. The van der Waals surface area contributed by atoms with Crippen LogP contribution in [0.1, 0.15) is 46.4 Å². The second-order valence-electron chi connectivity index (χ2n) is 7.03. The molecule has 2 saturated heterocycles. The molecular formula is C18H20N4O4. The molecule has 3 N–H and O–H groups in total. The van der Waals surface area contributed by atoms with Gasteiger partial charge in [0.25, 0.3) is 11.8 Å². The zero-order valence-corrected chi connectivity index (χ0v) is 14.2. The molecule has 3 heterocycles. The molecule has 1 aromatic rings. The minimum Gasteiger partial charge on any atom is -0.370 e. The predicted octanol–water partition coefficient (Wildman–Crippen LogP) is 0.0153. The number of benzene rings is 1. The predicted molar refractivity (Wildman–Crippen MR) is 92.5 cm³/mol. The Balaban J connectivity index is 1.62. The van der Waals surface area contributed by atoms with Crippen molar-refractivity contribution in [3.63, 3.8) is 0 Å². The Hall–Kier alpha value is -2.74. The van der Waals surface area contributed by atoms with E-state index in [1.807, 2.05) is 6.07 Å². The van der Waals surface area contributed by atoms with Gasteiger partial charge in [-0.3, -0.25) is 29.4 Å². The molecule has 0 radical (unpaired) electrons. The highest BCUT2D eigenvalue weighted by Gasteiger charge is 2.44. The van der Waals surface area contributed by atoms with Crippen LogP contribution in [-0.4, -0.2) is 53.7 Å². The number of piperidine rings is 2. The third-order valence-corrected chi connectivity index (χ3v) is 5.25. The average molecular weight is 356 g/mol. The molecule has 0 aliphatic carbocycles. The second kappa shape index (κ2) is 6.21. The quantitative estimate of drug-likeness (QED) is 0.722. The van der Waals surface area contributed by atoms with Gasteiger partial charge in [0, 0.05) is 31.2 Å². The number of anilines is 1. The monoisotopic (exact) mass is 356 g/mol. The Labute approximate surface area is 150 Å². The fraction of sp³-hybridized carbons (Fsp3) is 0.444. The molecule has 8 nitrogen and oxygen atoms in total. The van der Waals surface area contributed by atoms with Crippen LogP contribution in [0.4, 0.5) is 5.69 Å². The van der Waals surface area contributed by atoms with Gasteiger partial charge >= 0.3 is 0 Å². The van der Waals surface area contributed by atoms with Crippen molar-refractivity contribution >= 4 is 29.3 Å². The maximum absolute atomic E-state index is 12.8. The van der Waals surface area contributed by atoms with E-state index >= 15 is 0 Å². The lowest BCUT2D eigenvalue weighted by molar-refractivity contribution is -0.136. The van der Waals surface area contributed by atoms with Crippen molar-refractivity contribution in [1.82, 2.24) is 10.2 Å². The van der Waals surface area contributed by atoms with E-state index in [1.54, 1.807) is 12.1 Å². The van der Waals surface area contributed by atoms with Crippen LogP contribution in [0.5, 0.6) is 0 Å². The molecule has 26 heavy (non-hydrogen) atoms.